The van der Waals surface area contributed by atoms with Crippen molar-refractivity contribution in [3.8, 4) is 0 Å². The van der Waals surface area contributed by atoms with Crippen LogP contribution < -0.4 is 10.2 Å². The first kappa shape index (κ1) is 25.9. The van der Waals surface area contributed by atoms with Crippen LogP contribution in [0.15, 0.2) is 48.8 Å². The van der Waals surface area contributed by atoms with E-state index in [0.717, 1.165) is 10.5 Å². The van der Waals surface area contributed by atoms with Crippen LogP contribution in [0, 0.1) is 0 Å². The van der Waals surface area contributed by atoms with Crippen molar-refractivity contribution in [1.82, 2.24) is 9.97 Å². The summed E-state index contributed by atoms with van der Waals surface area (Å²) in [6.45, 7) is 9.14. The number of pyridine rings is 1. The Balaban J connectivity index is 0.000000720. The first-order valence-electron chi connectivity index (χ1n) is 9.31. The third-order valence-electron chi connectivity index (χ3n) is 3.92. The molecule has 0 radical (unpaired) electrons. The predicted molar refractivity (Wildman–Crippen MR) is 124 cm³/mol. The summed E-state index contributed by atoms with van der Waals surface area (Å²) in [7, 11) is 1.75. The molecule has 7 nitrogen and oxygen atoms in total. The Hall–Kier alpha value is -3.14. The molecule has 0 saturated carbocycles. The van der Waals surface area contributed by atoms with Crippen LogP contribution in [-0.4, -0.2) is 53.3 Å². The summed E-state index contributed by atoms with van der Waals surface area (Å²) >= 11 is 1.36. The Morgan fingerprint density at radius 2 is 2.06 bits per heavy atom. The molecule has 1 aliphatic rings. The quantitative estimate of drug-likeness (QED) is 0.468. The Morgan fingerprint density at radius 1 is 1.42 bits per heavy atom. The average molecular weight is 452 g/mol. The molecule has 0 bridgehead atoms. The molecule has 3 heterocycles. The zero-order valence-electron chi connectivity index (χ0n) is 17.8. The highest BCUT2D eigenvalue weighted by molar-refractivity contribution is 7.16. The van der Waals surface area contributed by atoms with Crippen molar-refractivity contribution in [2.75, 3.05) is 30.4 Å². The number of carboxylic acids is 1. The van der Waals surface area contributed by atoms with E-state index in [1.807, 2.05) is 13.8 Å². The zero-order valence-corrected chi connectivity index (χ0v) is 18.6. The van der Waals surface area contributed by atoms with E-state index >= 15 is 0 Å². The third kappa shape index (κ3) is 8.63. The molecule has 1 fully saturated rings. The minimum absolute atomic E-state index is 0.0451. The van der Waals surface area contributed by atoms with Crippen molar-refractivity contribution in [2.24, 2.45) is 4.99 Å². The van der Waals surface area contributed by atoms with E-state index in [4.69, 9.17) is 5.11 Å². The van der Waals surface area contributed by atoms with E-state index in [2.05, 4.69) is 33.4 Å². The lowest BCUT2D eigenvalue weighted by atomic mass is 10.1. The monoisotopic (exact) mass is 451 g/mol. The SMILES string of the molecule is C/C(=C\CC(=O)O)c1cnc(Nc2cc(N3CC(F)(F)C3)ccn2)s1.C=C.CC=NC. The van der Waals surface area contributed by atoms with Crippen LogP contribution in [0.2, 0.25) is 0 Å². The van der Waals surface area contributed by atoms with Crippen LogP contribution >= 0.6 is 11.3 Å². The van der Waals surface area contributed by atoms with E-state index in [1.165, 1.54) is 11.3 Å². The van der Waals surface area contributed by atoms with Crippen LogP contribution in [0.1, 0.15) is 25.1 Å². The minimum Gasteiger partial charge on any atom is -0.481 e. The number of alkyl halides is 2. The van der Waals surface area contributed by atoms with E-state index in [0.29, 0.717) is 16.6 Å². The molecule has 2 aromatic heterocycles. The van der Waals surface area contributed by atoms with Crippen molar-refractivity contribution in [3.05, 3.63) is 48.6 Å². The van der Waals surface area contributed by atoms with E-state index in [-0.39, 0.29) is 19.5 Å². The highest BCUT2D eigenvalue weighted by Crippen LogP contribution is 2.33. The Bertz CT molecular complexity index is 903. The topological polar surface area (TPSA) is 90.7 Å². The smallest absolute Gasteiger partial charge is 0.307 e. The number of nitrogens with zero attached hydrogens (tertiary/aromatic N) is 4. The number of hydrogen-bond acceptors (Lipinski definition) is 7. The molecule has 0 aliphatic carbocycles. The summed E-state index contributed by atoms with van der Waals surface area (Å²) in [4.78, 5) is 25.1. The van der Waals surface area contributed by atoms with Gasteiger partial charge in [0.25, 0.3) is 5.92 Å². The maximum Gasteiger partial charge on any atom is 0.307 e. The lowest BCUT2D eigenvalue weighted by Gasteiger charge is -2.40. The van der Waals surface area contributed by atoms with E-state index in [9.17, 15) is 13.6 Å². The van der Waals surface area contributed by atoms with Gasteiger partial charge in [0.1, 0.15) is 5.82 Å². The molecule has 10 heteroatoms. The molecule has 0 atom stereocenters. The fraction of sp³-hybridized carbons (Fsp3) is 0.333. The van der Waals surface area contributed by atoms with Gasteiger partial charge >= 0.3 is 5.97 Å². The van der Waals surface area contributed by atoms with Gasteiger partial charge in [-0.1, -0.05) is 17.4 Å². The largest absolute Gasteiger partial charge is 0.481 e. The molecule has 2 N–H and O–H groups in total. The maximum atomic E-state index is 13.0. The maximum absolute atomic E-state index is 13.0. The van der Waals surface area contributed by atoms with Gasteiger partial charge in [-0.3, -0.25) is 4.79 Å². The molecule has 1 aliphatic heterocycles. The lowest BCUT2D eigenvalue weighted by Crippen LogP contribution is -2.56. The fourth-order valence-corrected chi connectivity index (χ4v) is 3.16. The molecule has 0 amide bonds. The number of thiazole rings is 1. The number of carboxylic acid groups (broad SMARTS) is 1. The van der Waals surface area contributed by atoms with Crippen molar-refractivity contribution < 1.29 is 18.7 Å². The van der Waals surface area contributed by atoms with Gasteiger partial charge in [-0.2, -0.15) is 0 Å². The van der Waals surface area contributed by atoms with Gasteiger partial charge in [0.05, 0.1) is 24.4 Å². The van der Waals surface area contributed by atoms with Crippen molar-refractivity contribution in [1.29, 1.82) is 0 Å². The molecule has 3 rings (SSSR count). The molecule has 0 aromatic carbocycles. The number of halogens is 2. The number of allylic oxidation sites excluding steroid dienone is 1. The molecule has 1 saturated heterocycles. The second-order valence-corrected chi connectivity index (χ2v) is 7.30. The van der Waals surface area contributed by atoms with Gasteiger partial charge in [-0.05, 0) is 31.7 Å². The Morgan fingerprint density at radius 3 is 2.61 bits per heavy atom. The van der Waals surface area contributed by atoms with Crippen LogP contribution in [0.5, 0.6) is 0 Å². The van der Waals surface area contributed by atoms with Crippen LogP contribution in [-0.2, 0) is 4.79 Å². The lowest BCUT2D eigenvalue weighted by molar-refractivity contribution is -0.136. The van der Waals surface area contributed by atoms with E-state index in [1.54, 1.807) is 48.8 Å². The summed E-state index contributed by atoms with van der Waals surface area (Å²) in [6, 6.07) is 3.38. The van der Waals surface area contributed by atoms with E-state index < -0.39 is 11.9 Å². The summed E-state index contributed by atoms with van der Waals surface area (Å²) in [6.07, 6.45) is 6.54. The third-order valence-corrected chi connectivity index (χ3v) is 4.97. The van der Waals surface area contributed by atoms with Crippen molar-refractivity contribution in [2.45, 2.75) is 26.2 Å². The molecule has 0 unspecified atom stereocenters. The average Bonchev–Trinajstić information content (AvgIpc) is 3.20. The van der Waals surface area contributed by atoms with Crippen LogP contribution in [0.4, 0.5) is 25.4 Å². The first-order chi connectivity index (χ1) is 14.7. The van der Waals surface area contributed by atoms with Gasteiger partial charge in [0.2, 0.25) is 0 Å². The number of nitrogens with one attached hydrogen (secondary N) is 1. The molecular weight excluding hydrogens is 424 g/mol. The molecule has 0 spiro atoms. The number of aliphatic carboxylic acids is 1. The zero-order chi connectivity index (χ0) is 23.4. The van der Waals surface area contributed by atoms with Gasteiger partial charge in [-0.15, -0.1) is 13.2 Å². The van der Waals surface area contributed by atoms with Gasteiger partial charge in [0, 0.05) is 31.2 Å². The van der Waals surface area contributed by atoms with Gasteiger partial charge < -0.3 is 20.3 Å². The second-order valence-electron chi connectivity index (χ2n) is 6.27. The molecule has 168 valence electrons. The predicted octanol–water partition coefficient (Wildman–Crippen LogP) is 5.12. The number of hydrogen-bond donors (Lipinski definition) is 2. The number of rotatable bonds is 6. The van der Waals surface area contributed by atoms with Crippen molar-refractivity contribution >= 4 is 45.7 Å². The fourth-order valence-electron chi connectivity index (χ4n) is 2.34. The van der Waals surface area contributed by atoms with Crippen LogP contribution in [0.3, 0.4) is 0 Å². The highest BCUT2D eigenvalue weighted by Gasteiger charge is 2.43. The summed E-state index contributed by atoms with van der Waals surface area (Å²) in [5, 5.41) is 12.4. The Kier molecular flexibility index (Phi) is 10.5. The summed E-state index contributed by atoms with van der Waals surface area (Å²) < 4.78 is 26.0. The molecule has 31 heavy (non-hydrogen) atoms. The highest BCUT2D eigenvalue weighted by atomic mass is 32.1. The minimum atomic E-state index is -2.62. The first-order valence-corrected chi connectivity index (χ1v) is 10.1. The van der Waals surface area contributed by atoms with Gasteiger partial charge in [0.15, 0.2) is 5.13 Å². The summed E-state index contributed by atoms with van der Waals surface area (Å²) in [5.41, 5.74) is 1.51. The number of aliphatic imine (C=N–C) groups is 1. The summed E-state index contributed by atoms with van der Waals surface area (Å²) in [5.74, 6) is -3.00. The standard InChI is InChI=1S/C16H16F2N4O2S.C3H7N.C2H4/c1-10(2-3-14(23)24)12-7-20-15(25-12)21-13-6-11(4-5-19-13)22-8-16(17,18)9-22;1-3-4-2;1-2/h2,4-7H,3,8-9H2,1H3,(H,23,24)(H,19,20,21);3H,1-2H3;1-2H2/b10-2+;;. The second kappa shape index (κ2) is 12.5. The number of carbonyl (C=O) groups is 1. The van der Waals surface area contributed by atoms with Crippen LogP contribution in [0.25, 0.3) is 5.57 Å². The number of aromatic nitrogens is 2. The molecule has 2 aromatic rings. The molecular formula is C21H27F2N5O2S. The normalized spacial score (nSPS) is 14.6. The number of anilines is 3. The Labute approximate surface area is 184 Å². The van der Waals surface area contributed by atoms with Crippen molar-refractivity contribution in [3.63, 3.8) is 0 Å². The van der Waals surface area contributed by atoms with Gasteiger partial charge in [-0.25, -0.2) is 18.7 Å².